The van der Waals surface area contributed by atoms with E-state index in [0.717, 1.165) is 5.56 Å². The Morgan fingerprint density at radius 1 is 1.24 bits per heavy atom. The summed E-state index contributed by atoms with van der Waals surface area (Å²) in [4.78, 5) is 8.50. The Morgan fingerprint density at radius 2 is 1.94 bits per heavy atom. The van der Waals surface area contributed by atoms with E-state index in [9.17, 15) is 0 Å². The molecule has 17 heavy (non-hydrogen) atoms. The van der Waals surface area contributed by atoms with Crippen LogP contribution in [0.5, 0.6) is 0 Å². The lowest BCUT2D eigenvalue weighted by Gasteiger charge is -2.05. The van der Waals surface area contributed by atoms with Crippen LogP contribution in [0.15, 0.2) is 30.5 Å². The fourth-order valence-electron chi connectivity index (χ4n) is 1.50. The quantitative estimate of drug-likeness (QED) is 0.850. The fraction of sp³-hybridized carbons (Fsp3) is 0.154. The summed E-state index contributed by atoms with van der Waals surface area (Å²) in [6.45, 7) is 2.03. The molecule has 1 aromatic heterocycles. The normalized spacial score (nSPS) is 9.71. The third-order valence-electron chi connectivity index (χ3n) is 2.46. The van der Waals surface area contributed by atoms with Crippen molar-refractivity contribution in [1.29, 1.82) is 5.26 Å². The molecule has 2 rings (SSSR count). The van der Waals surface area contributed by atoms with Crippen molar-refractivity contribution in [3.8, 4) is 17.5 Å². The van der Waals surface area contributed by atoms with E-state index in [-0.39, 0.29) is 0 Å². The molecular formula is C13H12N4. The van der Waals surface area contributed by atoms with Crippen molar-refractivity contribution in [3.63, 3.8) is 0 Å². The lowest BCUT2D eigenvalue weighted by atomic mass is 10.1. The highest BCUT2D eigenvalue weighted by Crippen LogP contribution is 2.18. The minimum Gasteiger partial charge on any atom is -0.372 e. The fourth-order valence-corrected chi connectivity index (χ4v) is 1.50. The maximum atomic E-state index is 8.88. The van der Waals surface area contributed by atoms with Gasteiger partial charge in [0.05, 0.1) is 6.20 Å². The smallest absolute Gasteiger partial charge is 0.161 e. The number of anilines is 1. The van der Waals surface area contributed by atoms with Crippen LogP contribution < -0.4 is 5.32 Å². The van der Waals surface area contributed by atoms with E-state index in [1.807, 2.05) is 37.3 Å². The highest BCUT2D eigenvalue weighted by molar-refractivity contribution is 5.60. The Kier molecular flexibility index (Phi) is 3.01. The first-order valence-electron chi connectivity index (χ1n) is 5.26. The molecule has 0 bridgehead atoms. The first-order chi connectivity index (χ1) is 8.24. The van der Waals surface area contributed by atoms with Crippen LogP contribution in [0.4, 0.5) is 5.82 Å². The van der Waals surface area contributed by atoms with Crippen LogP contribution in [0, 0.1) is 18.3 Å². The van der Waals surface area contributed by atoms with Crippen molar-refractivity contribution < 1.29 is 0 Å². The molecule has 1 heterocycles. The minimum absolute atomic E-state index is 0.448. The third kappa shape index (κ3) is 2.23. The predicted molar refractivity (Wildman–Crippen MR) is 66.5 cm³/mol. The van der Waals surface area contributed by atoms with Crippen LogP contribution in [0.1, 0.15) is 11.1 Å². The van der Waals surface area contributed by atoms with Gasteiger partial charge in [-0.3, -0.25) is 0 Å². The summed E-state index contributed by atoms with van der Waals surface area (Å²) in [6, 6.07) is 10.0. The van der Waals surface area contributed by atoms with E-state index in [1.54, 1.807) is 7.05 Å². The monoisotopic (exact) mass is 224 g/mol. The number of nitrogens with zero attached hydrogens (tertiary/aromatic N) is 3. The summed E-state index contributed by atoms with van der Waals surface area (Å²) in [7, 11) is 1.74. The van der Waals surface area contributed by atoms with Crippen LogP contribution in [0.2, 0.25) is 0 Å². The third-order valence-corrected chi connectivity index (χ3v) is 2.46. The number of hydrogen-bond acceptors (Lipinski definition) is 4. The van der Waals surface area contributed by atoms with Gasteiger partial charge in [-0.2, -0.15) is 5.26 Å². The van der Waals surface area contributed by atoms with Crippen LogP contribution >= 0.6 is 0 Å². The highest BCUT2D eigenvalue weighted by Gasteiger charge is 2.06. The van der Waals surface area contributed by atoms with Gasteiger partial charge in [-0.25, -0.2) is 9.97 Å². The summed E-state index contributed by atoms with van der Waals surface area (Å²) < 4.78 is 0. The van der Waals surface area contributed by atoms with Gasteiger partial charge in [-0.1, -0.05) is 29.8 Å². The summed E-state index contributed by atoms with van der Waals surface area (Å²) >= 11 is 0. The molecule has 0 fully saturated rings. The van der Waals surface area contributed by atoms with Crippen molar-refractivity contribution in [2.24, 2.45) is 0 Å². The van der Waals surface area contributed by atoms with Gasteiger partial charge in [-0.15, -0.1) is 0 Å². The Balaban J connectivity index is 2.47. The van der Waals surface area contributed by atoms with E-state index in [4.69, 9.17) is 5.26 Å². The average Bonchev–Trinajstić information content (AvgIpc) is 2.39. The molecule has 0 atom stereocenters. The Hall–Kier alpha value is -2.41. The molecule has 0 amide bonds. The van der Waals surface area contributed by atoms with Gasteiger partial charge in [-0.05, 0) is 6.92 Å². The molecule has 0 spiro atoms. The number of aryl methyl sites for hydroxylation is 1. The molecule has 2 aromatic rings. The summed E-state index contributed by atoms with van der Waals surface area (Å²) in [5, 5.41) is 11.8. The Bertz CT molecular complexity index is 567. The SMILES string of the molecule is CNc1nc(-c2ccc(C)cc2)ncc1C#N. The number of nitrogens with one attached hydrogen (secondary N) is 1. The molecule has 0 aliphatic carbocycles. The molecule has 4 heteroatoms. The molecule has 1 aromatic carbocycles. The molecule has 0 unspecified atom stereocenters. The first kappa shape index (κ1) is 11.1. The maximum Gasteiger partial charge on any atom is 0.161 e. The van der Waals surface area contributed by atoms with Crippen LogP contribution in [0.3, 0.4) is 0 Å². The summed E-state index contributed by atoms with van der Waals surface area (Å²) in [5.74, 6) is 1.17. The summed E-state index contributed by atoms with van der Waals surface area (Å²) in [5.41, 5.74) is 2.58. The van der Waals surface area contributed by atoms with Crippen molar-refractivity contribution in [2.75, 3.05) is 12.4 Å². The van der Waals surface area contributed by atoms with Gasteiger partial charge in [0.15, 0.2) is 5.82 Å². The van der Waals surface area contributed by atoms with Gasteiger partial charge in [0.25, 0.3) is 0 Å². The number of nitriles is 1. The molecule has 0 aliphatic rings. The highest BCUT2D eigenvalue weighted by atomic mass is 15.0. The zero-order valence-electron chi connectivity index (χ0n) is 9.73. The van der Waals surface area contributed by atoms with E-state index in [2.05, 4.69) is 15.3 Å². The largest absolute Gasteiger partial charge is 0.372 e. The Labute approximate surface area is 100.0 Å². The topological polar surface area (TPSA) is 61.6 Å². The molecule has 4 nitrogen and oxygen atoms in total. The van der Waals surface area contributed by atoms with Crippen molar-refractivity contribution in [2.45, 2.75) is 6.92 Å². The standard InChI is InChI=1S/C13H12N4/c1-9-3-5-10(6-4-9)13-16-8-11(7-14)12(15-2)17-13/h3-6,8H,1-2H3,(H,15,16,17). The second kappa shape index (κ2) is 4.62. The van der Waals surface area contributed by atoms with Gasteiger partial charge >= 0.3 is 0 Å². The van der Waals surface area contributed by atoms with E-state index in [0.29, 0.717) is 17.2 Å². The van der Waals surface area contributed by atoms with Crippen LogP contribution in [0.25, 0.3) is 11.4 Å². The molecule has 1 N–H and O–H groups in total. The Morgan fingerprint density at radius 3 is 2.53 bits per heavy atom. The van der Waals surface area contributed by atoms with Gasteiger partial charge in [0.2, 0.25) is 0 Å². The molecular weight excluding hydrogens is 212 g/mol. The van der Waals surface area contributed by atoms with Crippen molar-refractivity contribution in [3.05, 3.63) is 41.6 Å². The zero-order valence-corrected chi connectivity index (χ0v) is 9.73. The van der Waals surface area contributed by atoms with Crippen molar-refractivity contribution in [1.82, 2.24) is 9.97 Å². The number of rotatable bonds is 2. The first-order valence-corrected chi connectivity index (χ1v) is 5.26. The maximum absolute atomic E-state index is 8.88. The zero-order chi connectivity index (χ0) is 12.3. The number of benzene rings is 1. The number of aromatic nitrogens is 2. The van der Waals surface area contributed by atoms with Crippen LogP contribution in [-0.4, -0.2) is 17.0 Å². The average molecular weight is 224 g/mol. The van der Waals surface area contributed by atoms with Gasteiger partial charge < -0.3 is 5.32 Å². The lowest BCUT2D eigenvalue weighted by Crippen LogP contribution is -1.99. The summed E-state index contributed by atoms with van der Waals surface area (Å²) in [6.07, 6.45) is 1.54. The van der Waals surface area contributed by atoms with E-state index < -0.39 is 0 Å². The van der Waals surface area contributed by atoms with E-state index in [1.165, 1.54) is 11.8 Å². The lowest BCUT2D eigenvalue weighted by molar-refractivity contribution is 1.15. The van der Waals surface area contributed by atoms with Crippen LogP contribution in [-0.2, 0) is 0 Å². The second-order valence-corrected chi connectivity index (χ2v) is 3.68. The minimum atomic E-state index is 0.448. The van der Waals surface area contributed by atoms with E-state index >= 15 is 0 Å². The van der Waals surface area contributed by atoms with Crippen molar-refractivity contribution >= 4 is 5.82 Å². The number of hydrogen-bond donors (Lipinski definition) is 1. The molecule has 84 valence electrons. The second-order valence-electron chi connectivity index (χ2n) is 3.68. The molecule has 0 saturated heterocycles. The predicted octanol–water partition coefficient (Wildman–Crippen LogP) is 2.37. The van der Waals surface area contributed by atoms with Gasteiger partial charge in [0, 0.05) is 12.6 Å². The molecule has 0 radical (unpaired) electrons. The van der Waals surface area contributed by atoms with Gasteiger partial charge in [0.1, 0.15) is 17.5 Å². The molecule has 0 saturated carbocycles. The molecule has 0 aliphatic heterocycles.